The predicted molar refractivity (Wildman–Crippen MR) is 69.2 cm³/mol. The Morgan fingerprint density at radius 2 is 1.65 bits per heavy atom. The Kier molecular flexibility index (Phi) is 2.53. The minimum absolute atomic E-state index is 0.00258. The molecule has 2 aromatic heterocycles. The van der Waals surface area contributed by atoms with Gasteiger partial charge in [-0.05, 0) is 0 Å². The summed E-state index contributed by atoms with van der Waals surface area (Å²) in [5.74, 6) is 1.80. The van der Waals surface area contributed by atoms with E-state index in [0.29, 0.717) is 0 Å². The van der Waals surface area contributed by atoms with E-state index in [-0.39, 0.29) is 10.8 Å². The fourth-order valence-electron chi connectivity index (χ4n) is 1.57. The second-order valence-electron chi connectivity index (χ2n) is 6.55. The Morgan fingerprint density at radius 1 is 1.00 bits per heavy atom. The second kappa shape index (κ2) is 3.56. The SMILES string of the molecule is CC(C)(C)c1ncc2oc(C(C)(C)C)cc2n1. The van der Waals surface area contributed by atoms with Gasteiger partial charge in [0.1, 0.15) is 17.1 Å². The average molecular weight is 232 g/mol. The molecule has 0 fully saturated rings. The van der Waals surface area contributed by atoms with Crippen molar-refractivity contribution in [2.45, 2.75) is 52.4 Å². The lowest BCUT2D eigenvalue weighted by Gasteiger charge is -2.15. The molecular weight excluding hydrogens is 212 g/mol. The van der Waals surface area contributed by atoms with E-state index < -0.39 is 0 Å². The fraction of sp³-hybridized carbons (Fsp3) is 0.571. The van der Waals surface area contributed by atoms with Crippen molar-refractivity contribution in [3.63, 3.8) is 0 Å². The van der Waals surface area contributed by atoms with E-state index in [1.54, 1.807) is 6.20 Å². The molecule has 3 nitrogen and oxygen atoms in total. The first-order valence-corrected chi connectivity index (χ1v) is 5.95. The summed E-state index contributed by atoms with van der Waals surface area (Å²) >= 11 is 0. The first-order chi connectivity index (χ1) is 7.68. The molecule has 2 rings (SSSR count). The maximum Gasteiger partial charge on any atom is 0.171 e. The van der Waals surface area contributed by atoms with Crippen molar-refractivity contribution < 1.29 is 4.42 Å². The zero-order valence-electron chi connectivity index (χ0n) is 11.5. The number of nitrogens with zero attached hydrogens (tertiary/aromatic N) is 2. The van der Waals surface area contributed by atoms with Crippen molar-refractivity contribution in [1.82, 2.24) is 9.97 Å². The van der Waals surface area contributed by atoms with Gasteiger partial charge in [-0.1, -0.05) is 41.5 Å². The monoisotopic (exact) mass is 232 g/mol. The number of fused-ring (bicyclic) bond motifs is 1. The molecule has 0 saturated heterocycles. The molecule has 0 saturated carbocycles. The fourth-order valence-corrected chi connectivity index (χ4v) is 1.57. The highest BCUT2D eigenvalue weighted by Crippen LogP contribution is 2.29. The molecule has 2 heterocycles. The molecule has 0 atom stereocenters. The highest BCUT2D eigenvalue weighted by Gasteiger charge is 2.22. The third kappa shape index (κ3) is 2.33. The van der Waals surface area contributed by atoms with Gasteiger partial charge in [-0.15, -0.1) is 0 Å². The minimum atomic E-state index is -0.0344. The van der Waals surface area contributed by atoms with Gasteiger partial charge < -0.3 is 4.42 Å². The Labute approximate surface area is 102 Å². The van der Waals surface area contributed by atoms with Gasteiger partial charge in [-0.3, -0.25) is 0 Å². The van der Waals surface area contributed by atoms with Gasteiger partial charge >= 0.3 is 0 Å². The summed E-state index contributed by atoms with van der Waals surface area (Å²) in [6, 6.07) is 2.02. The van der Waals surface area contributed by atoms with Gasteiger partial charge in [0.05, 0.1) is 6.20 Å². The molecule has 0 radical (unpaired) electrons. The van der Waals surface area contributed by atoms with Crippen LogP contribution in [0.1, 0.15) is 53.1 Å². The van der Waals surface area contributed by atoms with E-state index in [4.69, 9.17) is 4.42 Å². The summed E-state index contributed by atoms with van der Waals surface area (Å²) in [6.45, 7) is 12.7. The number of hydrogen-bond donors (Lipinski definition) is 0. The van der Waals surface area contributed by atoms with E-state index in [9.17, 15) is 0 Å². The maximum absolute atomic E-state index is 5.78. The molecule has 0 aromatic carbocycles. The molecule has 0 amide bonds. The van der Waals surface area contributed by atoms with Crippen molar-refractivity contribution in [3.8, 4) is 0 Å². The van der Waals surface area contributed by atoms with Gasteiger partial charge in [0, 0.05) is 16.9 Å². The topological polar surface area (TPSA) is 38.9 Å². The van der Waals surface area contributed by atoms with Crippen molar-refractivity contribution in [2.75, 3.05) is 0 Å². The molecule has 3 heteroatoms. The van der Waals surface area contributed by atoms with Gasteiger partial charge in [0.2, 0.25) is 0 Å². The Hall–Kier alpha value is -1.38. The normalized spacial score (nSPS) is 13.3. The first kappa shape index (κ1) is 12.1. The molecule has 0 aliphatic carbocycles. The third-order valence-electron chi connectivity index (χ3n) is 2.68. The van der Waals surface area contributed by atoms with Crippen LogP contribution in [0.5, 0.6) is 0 Å². The van der Waals surface area contributed by atoms with Crippen LogP contribution in [-0.2, 0) is 10.8 Å². The lowest BCUT2D eigenvalue weighted by molar-refractivity contribution is 0.429. The third-order valence-corrected chi connectivity index (χ3v) is 2.68. The Morgan fingerprint density at radius 3 is 2.18 bits per heavy atom. The highest BCUT2D eigenvalue weighted by atomic mass is 16.3. The molecule has 0 aliphatic heterocycles. The van der Waals surface area contributed by atoms with Crippen molar-refractivity contribution in [3.05, 3.63) is 23.8 Å². The molecular formula is C14H20N2O. The van der Waals surface area contributed by atoms with Crippen LogP contribution in [0.15, 0.2) is 16.7 Å². The zero-order chi connectivity index (χ0) is 12.8. The van der Waals surface area contributed by atoms with Crippen LogP contribution < -0.4 is 0 Å². The van der Waals surface area contributed by atoms with Crippen LogP contribution in [0.2, 0.25) is 0 Å². The number of furan rings is 1. The van der Waals surface area contributed by atoms with Crippen molar-refractivity contribution in [2.24, 2.45) is 0 Å². The molecule has 2 aromatic rings. The summed E-state index contributed by atoms with van der Waals surface area (Å²) in [6.07, 6.45) is 1.78. The van der Waals surface area contributed by atoms with Crippen LogP contribution >= 0.6 is 0 Å². The van der Waals surface area contributed by atoms with Crippen LogP contribution in [0.25, 0.3) is 11.1 Å². The molecule has 0 spiro atoms. The minimum Gasteiger partial charge on any atom is -0.457 e. The number of rotatable bonds is 0. The van der Waals surface area contributed by atoms with E-state index in [2.05, 4.69) is 51.5 Å². The van der Waals surface area contributed by atoms with E-state index in [1.165, 1.54) is 0 Å². The van der Waals surface area contributed by atoms with Crippen LogP contribution in [0, 0.1) is 0 Å². The summed E-state index contributed by atoms with van der Waals surface area (Å²) in [4.78, 5) is 8.94. The summed E-state index contributed by atoms with van der Waals surface area (Å²) < 4.78 is 5.78. The van der Waals surface area contributed by atoms with Gasteiger partial charge in [0.25, 0.3) is 0 Å². The van der Waals surface area contributed by atoms with Crippen molar-refractivity contribution >= 4 is 11.1 Å². The molecule has 0 N–H and O–H groups in total. The van der Waals surface area contributed by atoms with E-state index >= 15 is 0 Å². The van der Waals surface area contributed by atoms with Crippen LogP contribution in [0.4, 0.5) is 0 Å². The molecule has 0 aliphatic rings. The van der Waals surface area contributed by atoms with Crippen molar-refractivity contribution in [1.29, 1.82) is 0 Å². The summed E-state index contributed by atoms with van der Waals surface area (Å²) in [5.41, 5.74) is 1.63. The maximum atomic E-state index is 5.78. The Balaban J connectivity index is 2.56. The van der Waals surface area contributed by atoms with Crippen LogP contribution in [-0.4, -0.2) is 9.97 Å². The molecule has 0 unspecified atom stereocenters. The van der Waals surface area contributed by atoms with E-state index in [1.807, 2.05) is 6.07 Å². The second-order valence-corrected chi connectivity index (χ2v) is 6.55. The average Bonchev–Trinajstić information content (AvgIpc) is 2.57. The quantitative estimate of drug-likeness (QED) is 0.693. The molecule has 17 heavy (non-hydrogen) atoms. The van der Waals surface area contributed by atoms with Gasteiger partial charge in [-0.25, -0.2) is 9.97 Å². The highest BCUT2D eigenvalue weighted by molar-refractivity contribution is 5.72. The van der Waals surface area contributed by atoms with E-state index in [0.717, 1.165) is 22.7 Å². The lowest BCUT2D eigenvalue weighted by atomic mass is 9.93. The summed E-state index contributed by atoms with van der Waals surface area (Å²) in [7, 11) is 0. The molecule has 92 valence electrons. The lowest BCUT2D eigenvalue weighted by Crippen LogP contribution is -2.15. The summed E-state index contributed by atoms with van der Waals surface area (Å²) in [5, 5.41) is 0. The van der Waals surface area contributed by atoms with Crippen LogP contribution in [0.3, 0.4) is 0 Å². The smallest absolute Gasteiger partial charge is 0.171 e. The standard InChI is InChI=1S/C14H20N2O/c1-13(2,3)11-7-9-10(17-11)8-15-12(16-9)14(4,5)6/h7-8H,1-6H3. The van der Waals surface area contributed by atoms with Gasteiger partial charge in [-0.2, -0.15) is 0 Å². The molecule has 0 bridgehead atoms. The number of hydrogen-bond acceptors (Lipinski definition) is 3. The zero-order valence-corrected chi connectivity index (χ0v) is 11.5. The Bertz CT molecular complexity index is 529. The predicted octanol–water partition coefficient (Wildman–Crippen LogP) is 3.82. The van der Waals surface area contributed by atoms with Gasteiger partial charge in [0.15, 0.2) is 5.58 Å². The largest absolute Gasteiger partial charge is 0.457 e. The number of aromatic nitrogens is 2. The first-order valence-electron chi connectivity index (χ1n) is 5.95.